The number of nitrogens with one attached hydrogen (secondary N) is 2. The third-order valence-electron chi connectivity index (χ3n) is 2.97. The van der Waals surface area contributed by atoms with Crippen LogP contribution < -0.4 is 5.32 Å². The molecule has 0 atom stereocenters. The molecule has 0 saturated carbocycles. The van der Waals surface area contributed by atoms with Gasteiger partial charge in [-0.2, -0.15) is 0 Å². The minimum Gasteiger partial charge on any atom is -0.461 e. The molecule has 2 N–H and O–H groups in total. The predicted molar refractivity (Wildman–Crippen MR) is 83.1 cm³/mol. The molecule has 8 nitrogen and oxygen atoms in total. The topological polar surface area (TPSA) is 110 Å². The summed E-state index contributed by atoms with van der Waals surface area (Å²) in [5.74, 6) is -1.96. The molecule has 0 radical (unpaired) electrons. The van der Waals surface area contributed by atoms with Gasteiger partial charge in [-0.05, 0) is 12.5 Å². The van der Waals surface area contributed by atoms with Gasteiger partial charge >= 0.3 is 11.9 Å². The Labute approximate surface area is 138 Å². The summed E-state index contributed by atoms with van der Waals surface area (Å²) in [6.45, 7) is 1.61. The summed E-state index contributed by atoms with van der Waals surface area (Å²) in [7, 11) is 0. The smallest absolute Gasteiger partial charge is 0.357 e. The normalized spacial score (nSPS) is 10.0. The van der Waals surface area contributed by atoms with Gasteiger partial charge < -0.3 is 19.8 Å². The van der Waals surface area contributed by atoms with Crippen LogP contribution >= 0.6 is 0 Å². The summed E-state index contributed by atoms with van der Waals surface area (Å²) in [5.41, 5.74) is 0.644. The number of nitrogens with zero attached hydrogens (tertiary/aromatic N) is 1. The summed E-state index contributed by atoms with van der Waals surface area (Å²) < 4.78 is 9.85. The second-order valence-electron chi connectivity index (χ2n) is 4.68. The zero-order valence-corrected chi connectivity index (χ0v) is 13.1. The second kappa shape index (κ2) is 8.47. The van der Waals surface area contributed by atoms with Crippen LogP contribution in [0.15, 0.2) is 36.7 Å². The van der Waals surface area contributed by atoms with Crippen LogP contribution in [0.4, 0.5) is 0 Å². The quantitative estimate of drug-likeness (QED) is 0.734. The van der Waals surface area contributed by atoms with E-state index in [-0.39, 0.29) is 31.1 Å². The number of H-pyrrole nitrogens is 1. The van der Waals surface area contributed by atoms with E-state index in [4.69, 9.17) is 9.47 Å². The molecule has 0 saturated heterocycles. The van der Waals surface area contributed by atoms with E-state index in [9.17, 15) is 14.4 Å². The number of hydrogen-bond donors (Lipinski definition) is 2. The lowest BCUT2D eigenvalue weighted by molar-refractivity contribution is -0.143. The maximum atomic E-state index is 12.0. The average molecular weight is 331 g/mol. The fourth-order valence-corrected chi connectivity index (χ4v) is 1.85. The Hall–Kier alpha value is -3.16. The Kier molecular flexibility index (Phi) is 6.07. The van der Waals surface area contributed by atoms with Crippen LogP contribution in [0.2, 0.25) is 0 Å². The molecule has 0 fully saturated rings. The van der Waals surface area contributed by atoms with Gasteiger partial charge in [0, 0.05) is 0 Å². The summed E-state index contributed by atoms with van der Waals surface area (Å²) in [6, 6.07) is 9.16. The first-order valence-electron chi connectivity index (χ1n) is 7.30. The van der Waals surface area contributed by atoms with Crippen molar-refractivity contribution in [3.8, 4) is 0 Å². The van der Waals surface area contributed by atoms with Gasteiger partial charge in [0.25, 0.3) is 5.91 Å². The van der Waals surface area contributed by atoms with Crippen molar-refractivity contribution in [2.75, 3.05) is 13.2 Å². The fourth-order valence-electron chi connectivity index (χ4n) is 1.85. The molecule has 24 heavy (non-hydrogen) atoms. The molecule has 0 aliphatic carbocycles. The number of rotatable bonds is 7. The van der Waals surface area contributed by atoms with E-state index in [0.717, 1.165) is 5.56 Å². The van der Waals surface area contributed by atoms with Crippen LogP contribution in [0.5, 0.6) is 0 Å². The molecule has 0 bridgehead atoms. The minimum atomic E-state index is -0.688. The lowest BCUT2D eigenvalue weighted by Crippen LogP contribution is -2.32. The molecule has 0 aliphatic heterocycles. The van der Waals surface area contributed by atoms with Crippen LogP contribution in [0.25, 0.3) is 0 Å². The third-order valence-corrected chi connectivity index (χ3v) is 2.97. The molecule has 8 heteroatoms. The maximum Gasteiger partial charge on any atom is 0.357 e. The van der Waals surface area contributed by atoms with E-state index in [1.165, 1.54) is 6.33 Å². The molecule has 1 aromatic carbocycles. The molecule has 0 unspecified atom stereocenters. The largest absolute Gasteiger partial charge is 0.461 e. The van der Waals surface area contributed by atoms with Crippen molar-refractivity contribution in [1.29, 1.82) is 0 Å². The highest BCUT2D eigenvalue weighted by molar-refractivity contribution is 6.03. The van der Waals surface area contributed by atoms with E-state index in [1.54, 1.807) is 6.92 Å². The van der Waals surface area contributed by atoms with Gasteiger partial charge in [-0.25, -0.2) is 9.78 Å². The van der Waals surface area contributed by atoms with Crippen molar-refractivity contribution in [3.05, 3.63) is 53.6 Å². The van der Waals surface area contributed by atoms with E-state index in [2.05, 4.69) is 15.3 Å². The molecule has 1 aromatic heterocycles. The van der Waals surface area contributed by atoms with Gasteiger partial charge in [-0.3, -0.25) is 9.59 Å². The van der Waals surface area contributed by atoms with Crippen LogP contribution in [0, 0.1) is 0 Å². The van der Waals surface area contributed by atoms with E-state index in [1.807, 2.05) is 30.3 Å². The Balaban J connectivity index is 1.84. The number of ether oxygens (including phenoxy) is 2. The Morgan fingerprint density at radius 1 is 1.17 bits per heavy atom. The maximum absolute atomic E-state index is 12.0. The first-order valence-corrected chi connectivity index (χ1v) is 7.30. The van der Waals surface area contributed by atoms with Gasteiger partial charge in [-0.15, -0.1) is 0 Å². The number of aromatic nitrogens is 2. The monoisotopic (exact) mass is 331 g/mol. The highest BCUT2D eigenvalue weighted by Crippen LogP contribution is 2.05. The van der Waals surface area contributed by atoms with E-state index >= 15 is 0 Å². The Morgan fingerprint density at radius 2 is 1.92 bits per heavy atom. The zero-order chi connectivity index (χ0) is 17.4. The summed E-state index contributed by atoms with van der Waals surface area (Å²) in [5, 5.41) is 2.35. The first-order chi connectivity index (χ1) is 11.6. The Bertz CT molecular complexity index is 712. The predicted octanol–water partition coefficient (Wildman–Crippen LogP) is 1.06. The van der Waals surface area contributed by atoms with Crippen LogP contribution in [0.1, 0.15) is 33.5 Å². The number of carbonyl (C=O) groups is 3. The lowest BCUT2D eigenvalue weighted by atomic mass is 10.2. The molecular weight excluding hydrogens is 314 g/mol. The first kappa shape index (κ1) is 17.2. The van der Waals surface area contributed by atoms with Crippen molar-refractivity contribution in [3.63, 3.8) is 0 Å². The van der Waals surface area contributed by atoms with Gasteiger partial charge in [0.05, 0.1) is 12.9 Å². The summed E-state index contributed by atoms with van der Waals surface area (Å²) in [4.78, 5) is 41.6. The number of imidazole rings is 1. The SMILES string of the molecule is CCOC(=O)c1[nH]cnc1C(=O)NCC(=O)OCc1ccccc1. The van der Waals surface area contributed by atoms with E-state index in [0.29, 0.717) is 0 Å². The molecule has 1 amide bonds. The molecule has 0 aliphatic rings. The number of carbonyl (C=O) groups excluding carboxylic acids is 3. The van der Waals surface area contributed by atoms with Crippen LogP contribution in [0.3, 0.4) is 0 Å². The van der Waals surface area contributed by atoms with Crippen molar-refractivity contribution in [2.24, 2.45) is 0 Å². The van der Waals surface area contributed by atoms with Gasteiger partial charge in [0.15, 0.2) is 11.4 Å². The van der Waals surface area contributed by atoms with Gasteiger partial charge in [-0.1, -0.05) is 30.3 Å². The lowest BCUT2D eigenvalue weighted by Gasteiger charge is -2.06. The molecule has 2 aromatic rings. The molecule has 126 valence electrons. The van der Waals surface area contributed by atoms with E-state index < -0.39 is 17.8 Å². The molecule has 0 spiro atoms. The van der Waals surface area contributed by atoms with Crippen LogP contribution in [-0.4, -0.2) is 41.0 Å². The number of aromatic amines is 1. The summed E-state index contributed by atoms with van der Waals surface area (Å²) >= 11 is 0. The third kappa shape index (κ3) is 4.67. The molecule has 1 heterocycles. The highest BCUT2D eigenvalue weighted by atomic mass is 16.5. The van der Waals surface area contributed by atoms with Crippen molar-refractivity contribution >= 4 is 17.8 Å². The fraction of sp³-hybridized carbons (Fsp3) is 0.250. The Morgan fingerprint density at radius 3 is 2.62 bits per heavy atom. The highest BCUT2D eigenvalue weighted by Gasteiger charge is 2.21. The average Bonchev–Trinajstić information content (AvgIpc) is 3.09. The standard InChI is InChI=1S/C16H17N3O5/c1-2-23-16(22)14-13(18-10-19-14)15(21)17-8-12(20)24-9-11-6-4-3-5-7-11/h3-7,10H,2,8-9H2,1H3,(H,17,21)(H,18,19). The zero-order valence-electron chi connectivity index (χ0n) is 13.1. The molecule has 2 rings (SSSR count). The van der Waals surface area contributed by atoms with Crippen LogP contribution in [-0.2, 0) is 20.9 Å². The van der Waals surface area contributed by atoms with Gasteiger partial charge in [0.2, 0.25) is 0 Å². The second-order valence-corrected chi connectivity index (χ2v) is 4.68. The van der Waals surface area contributed by atoms with Gasteiger partial charge in [0.1, 0.15) is 13.2 Å². The number of hydrogen-bond acceptors (Lipinski definition) is 6. The summed E-state index contributed by atoms with van der Waals surface area (Å²) in [6.07, 6.45) is 1.20. The molecular formula is C16H17N3O5. The van der Waals surface area contributed by atoms with Crippen molar-refractivity contribution in [1.82, 2.24) is 15.3 Å². The number of esters is 2. The number of amides is 1. The van der Waals surface area contributed by atoms with Crippen molar-refractivity contribution < 1.29 is 23.9 Å². The number of benzene rings is 1. The van der Waals surface area contributed by atoms with Crippen molar-refractivity contribution in [2.45, 2.75) is 13.5 Å². The minimum absolute atomic E-state index is 0.0630.